The summed E-state index contributed by atoms with van der Waals surface area (Å²) in [6.45, 7) is 0. The third-order valence-corrected chi connectivity index (χ3v) is 4.43. The van der Waals surface area contributed by atoms with Gasteiger partial charge < -0.3 is 9.84 Å². The SMILES string of the molecule is COc1cccc(S(=O)(=O)NC(C(=O)O)C2CC2)c1. The van der Waals surface area contributed by atoms with Crippen LogP contribution in [0.15, 0.2) is 29.2 Å². The Hall–Kier alpha value is -1.60. The Morgan fingerprint density at radius 1 is 1.47 bits per heavy atom. The molecule has 1 aliphatic carbocycles. The summed E-state index contributed by atoms with van der Waals surface area (Å²) in [6.07, 6.45) is 1.47. The van der Waals surface area contributed by atoms with Gasteiger partial charge >= 0.3 is 5.97 Å². The Bertz CT molecular complexity index is 580. The Morgan fingerprint density at radius 3 is 2.68 bits per heavy atom. The molecule has 0 saturated heterocycles. The summed E-state index contributed by atoms with van der Waals surface area (Å²) in [6, 6.07) is 4.86. The molecule has 19 heavy (non-hydrogen) atoms. The van der Waals surface area contributed by atoms with E-state index < -0.39 is 22.0 Å². The van der Waals surface area contributed by atoms with E-state index in [-0.39, 0.29) is 10.8 Å². The van der Waals surface area contributed by atoms with Gasteiger partial charge in [0.1, 0.15) is 11.8 Å². The molecule has 7 heteroatoms. The predicted octanol–water partition coefficient (Wildman–Crippen LogP) is 0.837. The van der Waals surface area contributed by atoms with Crippen molar-refractivity contribution in [2.75, 3.05) is 7.11 Å². The van der Waals surface area contributed by atoms with Gasteiger partial charge in [0.05, 0.1) is 12.0 Å². The lowest BCUT2D eigenvalue weighted by molar-refractivity contribution is -0.139. The fraction of sp³-hybridized carbons (Fsp3) is 0.417. The minimum absolute atomic E-state index is 0.00116. The topological polar surface area (TPSA) is 92.7 Å². The van der Waals surface area contributed by atoms with E-state index in [1.54, 1.807) is 12.1 Å². The fourth-order valence-corrected chi connectivity index (χ4v) is 3.07. The molecule has 0 heterocycles. The zero-order valence-corrected chi connectivity index (χ0v) is 11.2. The first-order chi connectivity index (χ1) is 8.94. The second-order valence-electron chi connectivity index (χ2n) is 4.45. The second-order valence-corrected chi connectivity index (χ2v) is 6.17. The molecule has 1 saturated carbocycles. The van der Waals surface area contributed by atoms with Crippen molar-refractivity contribution < 1.29 is 23.1 Å². The lowest BCUT2D eigenvalue weighted by Crippen LogP contribution is -2.42. The Labute approximate surface area is 111 Å². The van der Waals surface area contributed by atoms with Crippen LogP contribution in [0.5, 0.6) is 5.75 Å². The van der Waals surface area contributed by atoms with Crippen LogP contribution < -0.4 is 9.46 Å². The quantitative estimate of drug-likeness (QED) is 0.808. The standard InChI is InChI=1S/C12H15NO5S/c1-18-9-3-2-4-10(7-9)19(16,17)13-11(12(14)15)8-5-6-8/h2-4,7-8,11,13H,5-6H2,1H3,(H,14,15). The molecule has 1 atom stereocenters. The molecule has 1 aliphatic rings. The minimum atomic E-state index is -3.85. The number of sulfonamides is 1. The molecule has 6 nitrogen and oxygen atoms in total. The van der Waals surface area contributed by atoms with Gasteiger partial charge in [0, 0.05) is 6.07 Å². The minimum Gasteiger partial charge on any atom is -0.497 e. The average Bonchev–Trinajstić information content (AvgIpc) is 3.20. The first-order valence-corrected chi connectivity index (χ1v) is 7.31. The second kappa shape index (κ2) is 5.18. The highest BCUT2D eigenvalue weighted by molar-refractivity contribution is 7.89. The van der Waals surface area contributed by atoms with Gasteiger partial charge in [-0.3, -0.25) is 4.79 Å². The molecule has 2 rings (SSSR count). The van der Waals surface area contributed by atoms with E-state index in [9.17, 15) is 13.2 Å². The Balaban J connectivity index is 2.23. The number of hydrogen-bond donors (Lipinski definition) is 2. The molecule has 104 valence electrons. The molecular formula is C12H15NO5S. The van der Waals surface area contributed by atoms with Crippen molar-refractivity contribution in [3.63, 3.8) is 0 Å². The van der Waals surface area contributed by atoms with E-state index in [1.807, 2.05) is 0 Å². The third-order valence-electron chi connectivity index (χ3n) is 2.99. The average molecular weight is 285 g/mol. The summed E-state index contributed by atoms with van der Waals surface area (Å²) in [4.78, 5) is 11.1. The van der Waals surface area contributed by atoms with E-state index in [2.05, 4.69) is 4.72 Å². The number of hydrogen-bond acceptors (Lipinski definition) is 4. The van der Waals surface area contributed by atoms with Crippen molar-refractivity contribution >= 4 is 16.0 Å². The molecule has 0 aliphatic heterocycles. The highest BCUT2D eigenvalue weighted by Crippen LogP contribution is 2.33. The summed E-state index contributed by atoms with van der Waals surface area (Å²) in [5, 5.41) is 9.04. The number of nitrogens with one attached hydrogen (secondary N) is 1. The smallest absolute Gasteiger partial charge is 0.322 e. The van der Waals surface area contributed by atoms with E-state index in [4.69, 9.17) is 9.84 Å². The summed E-state index contributed by atoms with van der Waals surface area (Å²) in [5.74, 6) is -0.854. The number of rotatable bonds is 6. The van der Waals surface area contributed by atoms with Crippen LogP contribution in [0.1, 0.15) is 12.8 Å². The zero-order chi connectivity index (χ0) is 14.0. The Kier molecular flexibility index (Phi) is 3.77. The van der Waals surface area contributed by atoms with Crippen LogP contribution in [0.3, 0.4) is 0 Å². The number of aliphatic carboxylic acids is 1. The van der Waals surface area contributed by atoms with Gasteiger partial charge in [-0.2, -0.15) is 4.72 Å². The predicted molar refractivity (Wildman–Crippen MR) is 67.5 cm³/mol. The van der Waals surface area contributed by atoms with Crippen molar-refractivity contribution in [3.05, 3.63) is 24.3 Å². The number of carbonyl (C=O) groups is 1. The van der Waals surface area contributed by atoms with Gasteiger partial charge in [0.2, 0.25) is 10.0 Å². The molecule has 1 fully saturated rings. The molecular weight excluding hydrogens is 270 g/mol. The first-order valence-electron chi connectivity index (χ1n) is 5.83. The molecule has 0 radical (unpaired) electrons. The van der Waals surface area contributed by atoms with E-state index in [1.165, 1.54) is 19.2 Å². The van der Waals surface area contributed by atoms with Crippen LogP contribution in [0, 0.1) is 5.92 Å². The maximum absolute atomic E-state index is 12.1. The van der Waals surface area contributed by atoms with Crippen LogP contribution in [0.25, 0.3) is 0 Å². The van der Waals surface area contributed by atoms with Crippen molar-refractivity contribution in [2.24, 2.45) is 5.92 Å². The molecule has 0 aromatic heterocycles. The lowest BCUT2D eigenvalue weighted by atomic mass is 10.2. The number of methoxy groups -OCH3 is 1. The molecule has 1 aromatic rings. The third kappa shape index (κ3) is 3.24. The van der Waals surface area contributed by atoms with Crippen molar-refractivity contribution in [1.82, 2.24) is 4.72 Å². The normalized spacial score (nSPS) is 16.9. The first kappa shape index (κ1) is 13.8. The van der Waals surface area contributed by atoms with Crippen LogP contribution in [-0.4, -0.2) is 32.6 Å². The number of carboxylic acids is 1. The Morgan fingerprint density at radius 2 is 2.16 bits per heavy atom. The molecule has 1 unspecified atom stereocenters. The molecule has 1 aromatic carbocycles. The number of carboxylic acid groups (broad SMARTS) is 1. The van der Waals surface area contributed by atoms with E-state index in [0.29, 0.717) is 5.75 Å². The van der Waals surface area contributed by atoms with Crippen molar-refractivity contribution in [3.8, 4) is 5.75 Å². The zero-order valence-electron chi connectivity index (χ0n) is 10.4. The van der Waals surface area contributed by atoms with Crippen molar-refractivity contribution in [2.45, 2.75) is 23.8 Å². The van der Waals surface area contributed by atoms with Crippen LogP contribution in [0.4, 0.5) is 0 Å². The highest BCUT2D eigenvalue weighted by Gasteiger charge is 2.39. The maximum Gasteiger partial charge on any atom is 0.322 e. The van der Waals surface area contributed by atoms with Crippen LogP contribution in [-0.2, 0) is 14.8 Å². The molecule has 2 N–H and O–H groups in total. The molecule has 0 amide bonds. The van der Waals surface area contributed by atoms with Crippen LogP contribution >= 0.6 is 0 Å². The number of ether oxygens (including phenoxy) is 1. The van der Waals surface area contributed by atoms with Gasteiger partial charge in [-0.25, -0.2) is 8.42 Å². The summed E-state index contributed by atoms with van der Waals surface area (Å²) >= 11 is 0. The molecule has 0 spiro atoms. The maximum atomic E-state index is 12.1. The van der Waals surface area contributed by atoms with Gasteiger partial charge in [-0.15, -0.1) is 0 Å². The van der Waals surface area contributed by atoms with Gasteiger partial charge in [-0.1, -0.05) is 6.07 Å². The van der Waals surface area contributed by atoms with E-state index >= 15 is 0 Å². The fourth-order valence-electron chi connectivity index (χ4n) is 1.78. The summed E-state index contributed by atoms with van der Waals surface area (Å²) < 4.78 is 31.4. The monoisotopic (exact) mass is 285 g/mol. The molecule has 0 bridgehead atoms. The summed E-state index contributed by atoms with van der Waals surface area (Å²) in [5.41, 5.74) is 0. The van der Waals surface area contributed by atoms with Gasteiger partial charge in [0.25, 0.3) is 0 Å². The van der Waals surface area contributed by atoms with Crippen molar-refractivity contribution in [1.29, 1.82) is 0 Å². The summed E-state index contributed by atoms with van der Waals surface area (Å²) in [7, 11) is -2.42. The van der Waals surface area contributed by atoms with Crippen LogP contribution in [0.2, 0.25) is 0 Å². The van der Waals surface area contributed by atoms with Gasteiger partial charge in [0.15, 0.2) is 0 Å². The number of benzene rings is 1. The van der Waals surface area contributed by atoms with Gasteiger partial charge in [-0.05, 0) is 30.9 Å². The lowest BCUT2D eigenvalue weighted by Gasteiger charge is -2.14. The highest BCUT2D eigenvalue weighted by atomic mass is 32.2. The van der Waals surface area contributed by atoms with E-state index in [0.717, 1.165) is 12.8 Å². The largest absolute Gasteiger partial charge is 0.497 e.